The van der Waals surface area contributed by atoms with Gasteiger partial charge in [0.15, 0.2) is 0 Å². The van der Waals surface area contributed by atoms with Gasteiger partial charge in [0.2, 0.25) is 0 Å². The van der Waals surface area contributed by atoms with Crippen LogP contribution in [0.3, 0.4) is 0 Å². The molecule has 0 aromatic heterocycles. The minimum Gasteiger partial charge on any atom is -0.327 e. The molecule has 0 saturated heterocycles. The first kappa shape index (κ1) is 8.55. The fourth-order valence-electron chi connectivity index (χ4n) is 3.01. The van der Waals surface area contributed by atoms with Crippen molar-refractivity contribution in [1.82, 2.24) is 0 Å². The lowest BCUT2D eigenvalue weighted by atomic mass is 9.65. The summed E-state index contributed by atoms with van der Waals surface area (Å²) in [7, 11) is 0. The SMILES string of the molecule is CC1CCCC(C2CCC2N)C1. The molecule has 2 N–H and O–H groups in total. The van der Waals surface area contributed by atoms with Gasteiger partial charge in [0, 0.05) is 6.04 Å². The van der Waals surface area contributed by atoms with E-state index >= 15 is 0 Å². The molecule has 0 heterocycles. The zero-order valence-corrected chi connectivity index (χ0v) is 8.13. The third-order valence-corrected chi connectivity index (χ3v) is 3.97. The van der Waals surface area contributed by atoms with E-state index in [1.807, 2.05) is 0 Å². The zero-order chi connectivity index (χ0) is 8.55. The molecule has 70 valence electrons. The lowest BCUT2D eigenvalue weighted by molar-refractivity contribution is 0.112. The van der Waals surface area contributed by atoms with Crippen molar-refractivity contribution in [2.45, 2.75) is 51.5 Å². The van der Waals surface area contributed by atoms with Gasteiger partial charge in [-0.3, -0.25) is 0 Å². The fourth-order valence-corrected chi connectivity index (χ4v) is 3.01. The van der Waals surface area contributed by atoms with Gasteiger partial charge in [-0.15, -0.1) is 0 Å². The Kier molecular flexibility index (Phi) is 2.40. The molecule has 2 fully saturated rings. The predicted molar refractivity (Wildman–Crippen MR) is 51.8 cm³/mol. The molecule has 12 heavy (non-hydrogen) atoms. The Morgan fingerprint density at radius 1 is 1.08 bits per heavy atom. The number of hydrogen-bond donors (Lipinski definition) is 1. The molecule has 1 heteroatoms. The van der Waals surface area contributed by atoms with Gasteiger partial charge < -0.3 is 5.73 Å². The van der Waals surface area contributed by atoms with Crippen LogP contribution in [-0.2, 0) is 0 Å². The molecule has 0 spiro atoms. The Morgan fingerprint density at radius 2 is 1.92 bits per heavy atom. The molecule has 2 aliphatic rings. The summed E-state index contributed by atoms with van der Waals surface area (Å²) in [5.41, 5.74) is 6.00. The summed E-state index contributed by atoms with van der Waals surface area (Å²) >= 11 is 0. The van der Waals surface area contributed by atoms with Gasteiger partial charge in [-0.05, 0) is 37.0 Å². The molecular weight excluding hydrogens is 146 g/mol. The number of hydrogen-bond acceptors (Lipinski definition) is 1. The molecular formula is C11H21N. The molecule has 1 nitrogen and oxygen atoms in total. The largest absolute Gasteiger partial charge is 0.327 e. The van der Waals surface area contributed by atoms with Crippen molar-refractivity contribution in [2.24, 2.45) is 23.5 Å². The van der Waals surface area contributed by atoms with Gasteiger partial charge in [-0.2, -0.15) is 0 Å². The lowest BCUT2D eigenvalue weighted by Crippen LogP contribution is -2.44. The van der Waals surface area contributed by atoms with Crippen molar-refractivity contribution in [3.63, 3.8) is 0 Å². The lowest BCUT2D eigenvalue weighted by Gasteiger charge is -2.42. The highest BCUT2D eigenvalue weighted by Crippen LogP contribution is 2.41. The van der Waals surface area contributed by atoms with Crippen molar-refractivity contribution in [3.05, 3.63) is 0 Å². The highest BCUT2D eigenvalue weighted by Gasteiger charge is 2.35. The summed E-state index contributed by atoms with van der Waals surface area (Å²) in [6.07, 6.45) is 8.53. The van der Waals surface area contributed by atoms with Crippen molar-refractivity contribution < 1.29 is 0 Å². The molecule has 2 aliphatic carbocycles. The van der Waals surface area contributed by atoms with Gasteiger partial charge in [0.25, 0.3) is 0 Å². The maximum Gasteiger partial charge on any atom is 0.00699 e. The molecule has 0 aromatic carbocycles. The number of nitrogens with two attached hydrogens (primary N) is 1. The average Bonchev–Trinajstić information content (AvgIpc) is 2.02. The van der Waals surface area contributed by atoms with Gasteiger partial charge in [0.1, 0.15) is 0 Å². The Hall–Kier alpha value is -0.0400. The summed E-state index contributed by atoms with van der Waals surface area (Å²) in [6.45, 7) is 2.40. The molecule has 0 bridgehead atoms. The van der Waals surface area contributed by atoms with Crippen LogP contribution in [0.2, 0.25) is 0 Å². The summed E-state index contributed by atoms with van der Waals surface area (Å²) in [5.74, 6) is 2.85. The van der Waals surface area contributed by atoms with E-state index in [0.717, 1.165) is 17.8 Å². The molecule has 2 saturated carbocycles. The summed E-state index contributed by atoms with van der Waals surface area (Å²) in [6, 6.07) is 0.556. The first-order valence-electron chi connectivity index (χ1n) is 5.53. The molecule has 4 unspecified atom stereocenters. The normalized spacial score (nSPS) is 48.5. The summed E-state index contributed by atoms with van der Waals surface area (Å²) in [4.78, 5) is 0. The van der Waals surface area contributed by atoms with Gasteiger partial charge in [-0.1, -0.05) is 26.2 Å². The number of rotatable bonds is 1. The van der Waals surface area contributed by atoms with Crippen molar-refractivity contribution in [1.29, 1.82) is 0 Å². The Morgan fingerprint density at radius 3 is 2.42 bits per heavy atom. The van der Waals surface area contributed by atoms with Crippen molar-refractivity contribution in [3.8, 4) is 0 Å². The second kappa shape index (κ2) is 3.37. The van der Waals surface area contributed by atoms with Crippen LogP contribution in [0, 0.1) is 17.8 Å². The average molecular weight is 167 g/mol. The Bertz CT molecular complexity index is 155. The molecule has 4 atom stereocenters. The molecule has 0 aliphatic heterocycles. The van der Waals surface area contributed by atoms with Crippen LogP contribution in [0.5, 0.6) is 0 Å². The monoisotopic (exact) mass is 167 g/mol. The second-order valence-corrected chi connectivity index (χ2v) is 4.94. The second-order valence-electron chi connectivity index (χ2n) is 4.94. The molecule has 0 amide bonds. The van der Waals surface area contributed by atoms with E-state index in [1.54, 1.807) is 0 Å². The summed E-state index contributed by atoms with van der Waals surface area (Å²) < 4.78 is 0. The minimum absolute atomic E-state index is 0.556. The van der Waals surface area contributed by atoms with E-state index in [4.69, 9.17) is 5.73 Å². The molecule has 0 radical (unpaired) electrons. The molecule has 2 rings (SSSR count). The predicted octanol–water partition coefficient (Wildman–Crippen LogP) is 2.55. The highest BCUT2D eigenvalue weighted by atomic mass is 14.7. The van der Waals surface area contributed by atoms with E-state index in [0.29, 0.717) is 6.04 Å². The first-order valence-corrected chi connectivity index (χ1v) is 5.53. The van der Waals surface area contributed by atoms with Gasteiger partial charge in [0.05, 0.1) is 0 Å². The third-order valence-electron chi connectivity index (χ3n) is 3.97. The zero-order valence-electron chi connectivity index (χ0n) is 8.13. The van der Waals surface area contributed by atoms with Crippen LogP contribution in [0.4, 0.5) is 0 Å². The van der Waals surface area contributed by atoms with E-state index in [2.05, 4.69) is 6.92 Å². The standard InChI is InChI=1S/C11H21N/c1-8-3-2-4-9(7-8)10-5-6-11(10)12/h8-11H,2-7,12H2,1H3. The maximum atomic E-state index is 6.00. The van der Waals surface area contributed by atoms with Crippen molar-refractivity contribution in [2.75, 3.05) is 0 Å². The van der Waals surface area contributed by atoms with Crippen LogP contribution in [0.1, 0.15) is 45.4 Å². The van der Waals surface area contributed by atoms with Crippen LogP contribution >= 0.6 is 0 Å². The smallest absolute Gasteiger partial charge is 0.00699 e. The third kappa shape index (κ3) is 1.52. The maximum absolute atomic E-state index is 6.00. The topological polar surface area (TPSA) is 26.0 Å². The highest BCUT2D eigenvalue weighted by molar-refractivity contribution is 4.90. The van der Waals surface area contributed by atoms with Gasteiger partial charge in [-0.25, -0.2) is 0 Å². The quantitative estimate of drug-likeness (QED) is 0.638. The Balaban J connectivity index is 1.86. The van der Waals surface area contributed by atoms with E-state index < -0.39 is 0 Å². The van der Waals surface area contributed by atoms with Crippen molar-refractivity contribution >= 4 is 0 Å². The summed E-state index contributed by atoms with van der Waals surface area (Å²) in [5, 5.41) is 0. The van der Waals surface area contributed by atoms with E-state index in [1.165, 1.54) is 38.5 Å². The van der Waals surface area contributed by atoms with Crippen LogP contribution in [-0.4, -0.2) is 6.04 Å². The molecule has 0 aromatic rings. The van der Waals surface area contributed by atoms with E-state index in [-0.39, 0.29) is 0 Å². The fraction of sp³-hybridized carbons (Fsp3) is 1.00. The van der Waals surface area contributed by atoms with Crippen LogP contribution in [0.15, 0.2) is 0 Å². The van der Waals surface area contributed by atoms with Crippen LogP contribution in [0.25, 0.3) is 0 Å². The minimum atomic E-state index is 0.556. The van der Waals surface area contributed by atoms with E-state index in [9.17, 15) is 0 Å². The van der Waals surface area contributed by atoms with Crippen LogP contribution < -0.4 is 5.73 Å². The Labute approximate surface area is 75.7 Å². The first-order chi connectivity index (χ1) is 5.77. The van der Waals surface area contributed by atoms with Gasteiger partial charge >= 0.3 is 0 Å².